The van der Waals surface area contributed by atoms with E-state index in [0.29, 0.717) is 18.7 Å². The zero-order valence-electron chi connectivity index (χ0n) is 18.7. The van der Waals surface area contributed by atoms with Gasteiger partial charge < -0.3 is 14.7 Å². The van der Waals surface area contributed by atoms with Crippen LogP contribution in [0, 0.1) is 11.3 Å². The molecule has 0 bridgehead atoms. The van der Waals surface area contributed by atoms with Gasteiger partial charge in [0.05, 0.1) is 11.6 Å². The molecule has 2 N–H and O–H groups in total. The molecule has 2 heterocycles. The summed E-state index contributed by atoms with van der Waals surface area (Å²) in [5.41, 5.74) is 14.0. The molecule has 0 radical (unpaired) electrons. The number of furan rings is 1. The SMILES string of the molecule is N#Cc1ccccc1Cn1cc(CCN)c2cc(-c3cccc4c3oc3ccccc34)ccc21. The Labute approximate surface area is 197 Å². The number of nitrogens with two attached hydrogens (primary N) is 1. The molecule has 6 rings (SSSR count). The molecule has 0 aliphatic carbocycles. The molecule has 34 heavy (non-hydrogen) atoms. The highest BCUT2D eigenvalue weighted by Crippen LogP contribution is 2.37. The van der Waals surface area contributed by atoms with E-state index in [1.165, 1.54) is 10.9 Å². The molecule has 0 saturated carbocycles. The van der Waals surface area contributed by atoms with Gasteiger partial charge in [-0.3, -0.25) is 0 Å². The van der Waals surface area contributed by atoms with Crippen LogP contribution in [0.2, 0.25) is 0 Å². The fourth-order valence-electron chi connectivity index (χ4n) is 4.95. The Hall–Kier alpha value is -4.33. The van der Waals surface area contributed by atoms with Crippen LogP contribution >= 0.6 is 0 Å². The average Bonchev–Trinajstić information content (AvgIpc) is 3.42. The van der Waals surface area contributed by atoms with Gasteiger partial charge in [-0.05, 0) is 53.9 Å². The molecule has 6 aromatic rings. The summed E-state index contributed by atoms with van der Waals surface area (Å²) >= 11 is 0. The van der Waals surface area contributed by atoms with Crippen LogP contribution in [0.1, 0.15) is 16.7 Å². The lowest BCUT2D eigenvalue weighted by atomic mass is 9.99. The number of nitrogens with zero attached hydrogens (tertiary/aromatic N) is 2. The van der Waals surface area contributed by atoms with E-state index < -0.39 is 0 Å². The van der Waals surface area contributed by atoms with Gasteiger partial charge >= 0.3 is 0 Å². The monoisotopic (exact) mass is 441 g/mol. The molecule has 2 aromatic heterocycles. The summed E-state index contributed by atoms with van der Waals surface area (Å²) < 4.78 is 8.51. The first-order chi connectivity index (χ1) is 16.8. The molecule has 0 amide bonds. The van der Waals surface area contributed by atoms with Gasteiger partial charge in [-0.1, -0.05) is 60.7 Å². The van der Waals surface area contributed by atoms with E-state index in [9.17, 15) is 5.26 Å². The number of fused-ring (bicyclic) bond motifs is 4. The molecular formula is C30H23N3O. The smallest absolute Gasteiger partial charge is 0.143 e. The van der Waals surface area contributed by atoms with Crippen LogP contribution in [0.3, 0.4) is 0 Å². The summed E-state index contributed by atoms with van der Waals surface area (Å²) in [6, 6.07) is 31.1. The first kappa shape index (κ1) is 20.3. The van der Waals surface area contributed by atoms with Gasteiger partial charge in [0.15, 0.2) is 0 Å². The van der Waals surface area contributed by atoms with E-state index in [2.05, 4.69) is 59.3 Å². The van der Waals surface area contributed by atoms with Crippen molar-refractivity contribution in [1.29, 1.82) is 5.26 Å². The van der Waals surface area contributed by atoms with E-state index >= 15 is 0 Å². The van der Waals surface area contributed by atoms with Crippen LogP contribution in [-0.4, -0.2) is 11.1 Å². The molecule has 4 heteroatoms. The van der Waals surface area contributed by atoms with Gasteiger partial charge in [0.25, 0.3) is 0 Å². The summed E-state index contributed by atoms with van der Waals surface area (Å²) in [5.74, 6) is 0. The standard InChI is InChI=1S/C30H23N3O/c31-15-14-23-19-33(18-22-7-2-1-6-21(22)17-32)28-13-12-20(16-27(23)28)24-9-5-10-26-25-8-3-4-11-29(25)34-30(24)26/h1-13,16,19H,14-15,18,31H2. The van der Waals surface area contributed by atoms with Crippen molar-refractivity contribution in [2.24, 2.45) is 5.73 Å². The van der Waals surface area contributed by atoms with Crippen LogP contribution in [-0.2, 0) is 13.0 Å². The number of hydrogen-bond donors (Lipinski definition) is 1. The lowest BCUT2D eigenvalue weighted by molar-refractivity contribution is 0.670. The number of benzene rings is 4. The highest BCUT2D eigenvalue weighted by atomic mass is 16.3. The number of nitriles is 1. The first-order valence-electron chi connectivity index (χ1n) is 11.5. The van der Waals surface area contributed by atoms with Crippen molar-refractivity contribution in [2.45, 2.75) is 13.0 Å². The second kappa shape index (κ2) is 8.22. The van der Waals surface area contributed by atoms with Crippen LogP contribution in [0.4, 0.5) is 0 Å². The highest BCUT2D eigenvalue weighted by molar-refractivity contribution is 6.10. The third-order valence-electron chi connectivity index (χ3n) is 6.57. The maximum Gasteiger partial charge on any atom is 0.143 e. The van der Waals surface area contributed by atoms with Crippen molar-refractivity contribution < 1.29 is 4.42 Å². The minimum atomic E-state index is 0.581. The van der Waals surface area contributed by atoms with E-state index in [1.807, 2.05) is 42.5 Å². The average molecular weight is 442 g/mol. The maximum absolute atomic E-state index is 9.52. The highest BCUT2D eigenvalue weighted by Gasteiger charge is 2.15. The molecule has 4 nitrogen and oxygen atoms in total. The van der Waals surface area contributed by atoms with Crippen LogP contribution < -0.4 is 5.73 Å². The molecule has 0 aliphatic heterocycles. The lowest BCUT2D eigenvalue weighted by Crippen LogP contribution is -2.02. The van der Waals surface area contributed by atoms with Crippen LogP contribution in [0.25, 0.3) is 44.0 Å². The Bertz CT molecular complexity index is 1710. The van der Waals surface area contributed by atoms with Gasteiger partial charge in [0.1, 0.15) is 11.2 Å². The van der Waals surface area contributed by atoms with Crippen LogP contribution in [0.15, 0.2) is 95.5 Å². The topological polar surface area (TPSA) is 67.9 Å². The van der Waals surface area contributed by atoms with Gasteiger partial charge in [0.2, 0.25) is 0 Å². The van der Waals surface area contributed by atoms with E-state index in [4.69, 9.17) is 10.2 Å². The molecule has 0 saturated heterocycles. The van der Waals surface area contributed by atoms with E-state index in [0.717, 1.165) is 50.6 Å². The minimum absolute atomic E-state index is 0.581. The Balaban J connectivity index is 1.51. The Morgan fingerprint density at radius 3 is 2.53 bits per heavy atom. The molecule has 0 fully saturated rings. The summed E-state index contributed by atoms with van der Waals surface area (Å²) in [4.78, 5) is 0. The number of rotatable bonds is 5. The van der Waals surface area contributed by atoms with Gasteiger partial charge in [-0.25, -0.2) is 0 Å². The number of hydrogen-bond acceptors (Lipinski definition) is 3. The maximum atomic E-state index is 9.52. The number of para-hydroxylation sites is 2. The number of aromatic nitrogens is 1. The molecule has 0 unspecified atom stereocenters. The van der Waals surface area contributed by atoms with Crippen molar-refractivity contribution in [3.8, 4) is 17.2 Å². The fourth-order valence-corrected chi connectivity index (χ4v) is 4.95. The molecule has 0 spiro atoms. The van der Waals surface area contributed by atoms with E-state index in [1.54, 1.807) is 0 Å². The summed E-state index contributed by atoms with van der Waals surface area (Å²) in [5, 5.41) is 13.0. The second-order valence-corrected chi connectivity index (χ2v) is 8.60. The van der Waals surface area contributed by atoms with Crippen molar-refractivity contribution in [3.63, 3.8) is 0 Å². The van der Waals surface area contributed by atoms with Gasteiger partial charge in [-0.15, -0.1) is 0 Å². The van der Waals surface area contributed by atoms with Gasteiger partial charge in [-0.2, -0.15) is 5.26 Å². The molecule has 4 aromatic carbocycles. The Morgan fingerprint density at radius 2 is 1.65 bits per heavy atom. The lowest BCUT2D eigenvalue weighted by Gasteiger charge is -2.08. The minimum Gasteiger partial charge on any atom is -0.455 e. The van der Waals surface area contributed by atoms with Crippen molar-refractivity contribution in [3.05, 3.63) is 108 Å². The molecule has 0 atom stereocenters. The Morgan fingerprint density at radius 1 is 0.824 bits per heavy atom. The summed E-state index contributed by atoms with van der Waals surface area (Å²) in [7, 11) is 0. The summed E-state index contributed by atoms with van der Waals surface area (Å²) in [6.07, 6.45) is 2.97. The summed E-state index contributed by atoms with van der Waals surface area (Å²) in [6.45, 7) is 1.22. The largest absolute Gasteiger partial charge is 0.455 e. The van der Waals surface area contributed by atoms with E-state index in [-0.39, 0.29) is 0 Å². The van der Waals surface area contributed by atoms with Crippen molar-refractivity contribution in [1.82, 2.24) is 4.57 Å². The quantitative estimate of drug-likeness (QED) is 0.326. The predicted octanol–water partition coefficient (Wildman–Crippen LogP) is 6.63. The van der Waals surface area contributed by atoms with Gasteiger partial charge in [0, 0.05) is 40.0 Å². The zero-order chi connectivity index (χ0) is 23.1. The molecule has 0 aliphatic rings. The van der Waals surface area contributed by atoms with Crippen molar-refractivity contribution in [2.75, 3.05) is 6.54 Å². The van der Waals surface area contributed by atoms with Crippen molar-refractivity contribution >= 4 is 32.8 Å². The third-order valence-corrected chi connectivity index (χ3v) is 6.57. The fraction of sp³-hybridized carbons (Fsp3) is 0.100. The predicted molar refractivity (Wildman–Crippen MR) is 138 cm³/mol. The normalized spacial score (nSPS) is 11.4. The third kappa shape index (κ3) is 3.26. The molecule has 164 valence electrons. The van der Waals surface area contributed by atoms with Crippen LogP contribution in [0.5, 0.6) is 0 Å². The zero-order valence-corrected chi connectivity index (χ0v) is 18.7. The molecular weight excluding hydrogens is 418 g/mol. The first-order valence-corrected chi connectivity index (χ1v) is 11.5. The second-order valence-electron chi connectivity index (χ2n) is 8.60. The Kier molecular flexibility index (Phi) is 4.91.